The average Bonchev–Trinajstić information content (AvgIpc) is 3.32. The highest BCUT2D eigenvalue weighted by atomic mass is 16.6. The number of carbonyl (C=O) groups is 6. The second-order valence-corrected chi connectivity index (χ2v) is 11.8. The molecule has 1 spiro atoms. The molecule has 0 unspecified atom stereocenters. The van der Waals surface area contributed by atoms with Crippen LogP contribution in [-0.4, -0.2) is 88.3 Å². The Morgan fingerprint density at radius 1 is 1.02 bits per heavy atom. The number of rotatable bonds is 12. The number of aliphatic carboxylic acids is 2. The summed E-state index contributed by atoms with van der Waals surface area (Å²) in [5.74, 6) is -6.93. The van der Waals surface area contributed by atoms with Gasteiger partial charge in [0.2, 0.25) is 12.2 Å². The fourth-order valence-electron chi connectivity index (χ4n) is 7.25. The number of aliphatic hydroxyl groups is 1. The summed E-state index contributed by atoms with van der Waals surface area (Å²) in [4.78, 5) is 72.3. The first-order valence-corrected chi connectivity index (χ1v) is 14.7. The molecule has 3 N–H and O–H groups in total. The van der Waals surface area contributed by atoms with E-state index in [0.717, 1.165) is 37.8 Å². The maximum Gasteiger partial charge on any atom is 0.348 e. The Bertz CT molecular complexity index is 1510. The minimum atomic E-state index is -2.05. The van der Waals surface area contributed by atoms with Crippen LogP contribution in [0.25, 0.3) is 0 Å². The first-order valence-electron chi connectivity index (χ1n) is 14.7. The normalized spacial score (nSPS) is 26.9. The molecule has 15 nitrogen and oxygen atoms in total. The highest BCUT2D eigenvalue weighted by Gasteiger charge is 2.71. The fourth-order valence-corrected chi connectivity index (χ4v) is 7.25. The average molecular weight is 647 g/mol. The van der Waals surface area contributed by atoms with Crippen LogP contribution >= 0.6 is 0 Å². The van der Waals surface area contributed by atoms with Crippen molar-refractivity contribution >= 4 is 35.8 Å². The van der Waals surface area contributed by atoms with Crippen molar-refractivity contribution in [2.45, 2.75) is 94.2 Å². The van der Waals surface area contributed by atoms with Crippen LogP contribution in [0.1, 0.15) is 63.5 Å². The van der Waals surface area contributed by atoms with Crippen LogP contribution in [0.5, 0.6) is 11.5 Å². The molecular formula is C31H34O15. The Morgan fingerprint density at radius 2 is 1.76 bits per heavy atom. The molecule has 0 aromatic heterocycles. The van der Waals surface area contributed by atoms with Crippen LogP contribution in [-0.2, 0) is 59.6 Å². The largest absolute Gasteiger partial charge is 0.493 e. The van der Waals surface area contributed by atoms with Crippen molar-refractivity contribution in [1.29, 1.82) is 0 Å². The molecule has 1 aromatic rings. The van der Waals surface area contributed by atoms with Gasteiger partial charge < -0.3 is 43.7 Å². The zero-order chi connectivity index (χ0) is 33.6. The monoisotopic (exact) mass is 646 g/mol. The topological polar surface area (TPSA) is 218 Å². The van der Waals surface area contributed by atoms with Gasteiger partial charge in [0.25, 0.3) is 0 Å². The van der Waals surface area contributed by atoms with E-state index >= 15 is 0 Å². The van der Waals surface area contributed by atoms with E-state index in [2.05, 4.69) is 4.74 Å². The van der Waals surface area contributed by atoms with Gasteiger partial charge in [0.15, 0.2) is 23.7 Å². The van der Waals surface area contributed by atoms with E-state index in [1.54, 1.807) is 12.1 Å². The number of ether oxygens (including phenoxy) is 6. The molecule has 3 aliphatic carbocycles. The van der Waals surface area contributed by atoms with Crippen molar-refractivity contribution in [2.24, 2.45) is 5.92 Å². The molecule has 4 aliphatic rings. The van der Waals surface area contributed by atoms with Crippen LogP contribution in [0, 0.1) is 5.92 Å². The lowest BCUT2D eigenvalue weighted by atomic mass is 9.47. The van der Waals surface area contributed by atoms with Gasteiger partial charge in [-0.1, -0.05) is 12.5 Å². The van der Waals surface area contributed by atoms with Crippen molar-refractivity contribution in [3.05, 3.63) is 35.1 Å². The summed E-state index contributed by atoms with van der Waals surface area (Å²) in [7, 11) is 1.51. The maximum atomic E-state index is 13.2. The summed E-state index contributed by atoms with van der Waals surface area (Å²) in [6.07, 6.45) is -3.77. The number of hydrogen-bond acceptors (Lipinski definition) is 13. The Kier molecular flexibility index (Phi) is 8.73. The summed E-state index contributed by atoms with van der Waals surface area (Å²) in [6.45, 7) is 2.00. The van der Waals surface area contributed by atoms with Crippen LogP contribution in [0.4, 0.5) is 0 Å². The van der Waals surface area contributed by atoms with Gasteiger partial charge in [-0.2, -0.15) is 0 Å². The molecule has 7 atom stereocenters. The van der Waals surface area contributed by atoms with E-state index in [1.165, 1.54) is 7.11 Å². The molecule has 248 valence electrons. The molecule has 46 heavy (non-hydrogen) atoms. The molecule has 0 saturated heterocycles. The number of carbonyl (C=O) groups excluding carboxylic acids is 4. The summed E-state index contributed by atoms with van der Waals surface area (Å²) in [5.41, 5.74) is -0.193. The van der Waals surface area contributed by atoms with E-state index in [-0.39, 0.29) is 18.1 Å². The zero-order valence-electron chi connectivity index (χ0n) is 25.3. The van der Waals surface area contributed by atoms with E-state index in [4.69, 9.17) is 33.9 Å². The number of methoxy groups -OCH3 is 1. The Hall–Kier alpha value is -4.66. The molecule has 15 heteroatoms. The lowest BCUT2D eigenvalue weighted by Gasteiger charge is -2.59. The van der Waals surface area contributed by atoms with Crippen LogP contribution in [0.3, 0.4) is 0 Å². The minimum Gasteiger partial charge on any atom is -0.493 e. The van der Waals surface area contributed by atoms with Crippen molar-refractivity contribution < 1.29 is 72.5 Å². The maximum absolute atomic E-state index is 13.2. The van der Waals surface area contributed by atoms with Gasteiger partial charge in [-0.15, -0.1) is 0 Å². The number of benzene rings is 1. The molecule has 1 aliphatic heterocycles. The summed E-state index contributed by atoms with van der Waals surface area (Å²) >= 11 is 0. The standard InChI is InChI=1S/C31H34O15/c1-14(28(38)45-20(27(36)37)12-22(33)34)42-29(39)21(43-15(2)32)13-23(35)44-19-8-10-31(40)17-5-4-9-30(31)24-16(11-17)6-7-18(41-3)25(24)46-26(19)30/h6-8,14,17,20-21,26,40H,4-5,9-13H2,1-3H3,(H,33,34)(H,36,37)/t14-,17-,20+,21-,26+,30+,31-/m0/s1. The Labute approximate surface area is 262 Å². The van der Waals surface area contributed by atoms with Gasteiger partial charge in [-0.05, 0) is 56.2 Å². The van der Waals surface area contributed by atoms with Gasteiger partial charge in [-0.3, -0.25) is 14.4 Å². The third-order valence-electron chi connectivity index (χ3n) is 9.14. The molecule has 2 bridgehead atoms. The molecular weight excluding hydrogens is 612 g/mol. The number of carboxylic acids is 2. The van der Waals surface area contributed by atoms with Crippen molar-refractivity contribution in [2.75, 3.05) is 7.11 Å². The first kappa shape index (κ1) is 32.7. The lowest BCUT2D eigenvalue weighted by molar-refractivity contribution is -0.184. The second-order valence-electron chi connectivity index (χ2n) is 11.8. The molecule has 1 saturated carbocycles. The van der Waals surface area contributed by atoms with Gasteiger partial charge in [0.05, 0.1) is 31.0 Å². The first-order chi connectivity index (χ1) is 21.7. The smallest absolute Gasteiger partial charge is 0.348 e. The number of carboxylic acid groups (broad SMARTS) is 2. The van der Waals surface area contributed by atoms with E-state index < -0.39 is 84.1 Å². The third-order valence-corrected chi connectivity index (χ3v) is 9.14. The van der Waals surface area contributed by atoms with E-state index in [1.807, 2.05) is 6.07 Å². The molecule has 1 heterocycles. The lowest BCUT2D eigenvalue weighted by Crippen LogP contribution is -2.67. The van der Waals surface area contributed by atoms with Gasteiger partial charge in [0.1, 0.15) is 5.76 Å². The van der Waals surface area contributed by atoms with E-state index in [0.29, 0.717) is 24.3 Å². The predicted octanol–water partition coefficient (Wildman–Crippen LogP) is 1.34. The molecule has 0 radical (unpaired) electrons. The third kappa shape index (κ3) is 5.52. The molecule has 5 rings (SSSR count). The number of esters is 4. The summed E-state index contributed by atoms with van der Waals surface area (Å²) in [5, 5.41) is 30.1. The second kappa shape index (κ2) is 12.3. The SMILES string of the molecule is COc1ccc2c3c1O[C@@H]1C(OC(=O)C[C@H](OC(C)=O)C(=O)O[C@@H](C)C(=O)O[C@H](CC(=O)O)C(=O)O)=CC[C@]4(O)[C@@H](CCC[C@@]314)C2. The predicted molar refractivity (Wildman–Crippen MR) is 149 cm³/mol. The highest BCUT2D eigenvalue weighted by molar-refractivity contribution is 5.88. The van der Waals surface area contributed by atoms with Crippen molar-refractivity contribution in [3.63, 3.8) is 0 Å². The van der Waals surface area contributed by atoms with Gasteiger partial charge in [0, 0.05) is 12.5 Å². The molecule has 1 aromatic carbocycles. The molecule has 1 fully saturated rings. The fraction of sp³-hybridized carbons (Fsp3) is 0.548. The van der Waals surface area contributed by atoms with Gasteiger partial charge >= 0.3 is 35.8 Å². The van der Waals surface area contributed by atoms with Crippen molar-refractivity contribution in [1.82, 2.24) is 0 Å². The quantitative estimate of drug-likeness (QED) is 0.216. The van der Waals surface area contributed by atoms with Crippen LogP contribution in [0.15, 0.2) is 24.0 Å². The summed E-state index contributed by atoms with van der Waals surface area (Å²) in [6, 6.07) is 3.77. The summed E-state index contributed by atoms with van der Waals surface area (Å²) < 4.78 is 32.2. The van der Waals surface area contributed by atoms with Crippen LogP contribution in [0.2, 0.25) is 0 Å². The van der Waals surface area contributed by atoms with Crippen LogP contribution < -0.4 is 9.47 Å². The molecule has 0 amide bonds. The Morgan fingerprint density at radius 3 is 2.41 bits per heavy atom. The van der Waals surface area contributed by atoms with Crippen molar-refractivity contribution in [3.8, 4) is 11.5 Å². The van der Waals surface area contributed by atoms with Gasteiger partial charge in [-0.25, -0.2) is 14.4 Å². The minimum absolute atomic E-state index is 0.0422. The zero-order valence-corrected chi connectivity index (χ0v) is 25.3. The Balaban J connectivity index is 1.31. The number of hydrogen-bond donors (Lipinski definition) is 3. The van der Waals surface area contributed by atoms with E-state index in [9.17, 15) is 33.9 Å². The highest BCUT2D eigenvalue weighted by Crippen LogP contribution is 2.67.